The quantitative estimate of drug-likeness (QED) is 0.906. The second-order valence-electron chi connectivity index (χ2n) is 5.76. The number of ether oxygens (including phenoxy) is 1. The average molecular weight is 262 g/mol. The van der Waals surface area contributed by atoms with Crippen LogP contribution in [0, 0.1) is 6.92 Å². The van der Waals surface area contributed by atoms with Gasteiger partial charge in [-0.2, -0.15) is 0 Å². The van der Waals surface area contributed by atoms with E-state index in [1.54, 1.807) is 0 Å². The van der Waals surface area contributed by atoms with E-state index >= 15 is 0 Å². The molecule has 2 N–H and O–H groups in total. The fourth-order valence-electron chi connectivity index (χ4n) is 2.88. The Kier molecular flexibility index (Phi) is 4.83. The van der Waals surface area contributed by atoms with Crippen LogP contribution in [-0.2, 0) is 11.2 Å². The summed E-state index contributed by atoms with van der Waals surface area (Å²) in [7, 11) is 1.81. The third-order valence-electron chi connectivity index (χ3n) is 3.83. The number of anilines is 1. The molecule has 3 heteroatoms. The molecule has 1 aliphatic rings. The van der Waals surface area contributed by atoms with Gasteiger partial charge in [0.15, 0.2) is 0 Å². The van der Waals surface area contributed by atoms with E-state index in [-0.39, 0.29) is 6.04 Å². The predicted octanol–water partition coefficient (Wildman–Crippen LogP) is 2.50. The van der Waals surface area contributed by atoms with Gasteiger partial charge in [0.1, 0.15) is 0 Å². The van der Waals surface area contributed by atoms with Crippen LogP contribution in [-0.4, -0.2) is 32.3 Å². The third-order valence-corrected chi connectivity index (χ3v) is 3.83. The van der Waals surface area contributed by atoms with Crippen molar-refractivity contribution in [2.75, 3.05) is 25.1 Å². The van der Waals surface area contributed by atoms with Crippen LogP contribution in [0.3, 0.4) is 0 Å². The van der Waals surface area contributed by atoms with Crippen LogP contribution in [0.1, 0.15) is 30.9 Å². The molecule has 19 heavy (non-hydrogen) atoms. The molecule has 0 amide bonds. The molecule has 0 spiro atoms. The lowest BCUT2D eigenvalue weighted by Crippen LogP contribution is -2.40. The Morgan fingerprint density at radius 1 is 1.47 bits per heavy atom. The van der Waals surface area contributed by atoms with Crippen molar-refractivity contribution in [3.63, 3.8) is 0 Å². The number of nitrogens with zero attached hydrogens (tertiary/aromatic N) is 1. The van der Waals surface area contributed by atoms with Crippen LogP contribution in [0.2, 0.25) is 0 Å². The van der Waals surface area contributed by atoms with Crippen molar-refractivity contribution in [2.24, 2.45) is 5.73 Å². The highest BCUT2D eigenvalue weighted by molar-refractivity contribution is 5.55. The zero-order valence-corrected chi connectivity index (χ0v) is 12.4. The molecule has 2 rings (SSSR count). The van der Waals surface area contributed by atoms with Crippen molar-refractivity contribution < 1.29 is 4.74 Å². The van der Waals surface area contributed by atoms with Crippen LogP contribution in [0.4, 0.5) is 5.69 Å². The molecular weight excluding hydrogens is 236 g/mol. The molecule has 0 saturated carbocycles. The van der Waals surface area contributed by atoms with E-state index in [2.05, 4.69) is 36.9 Å². The summed E-state index contributed by atoms with van der Waals surface area (Å²) >= 11 is 0. The van der Waals surface area contributed by atoms with Crippen molar-refractivity contribution in [2.45, 2.75) is 45.3 Å². The zero-order valence-electron chi connectivity index (χ0n) is 12.4. The summed E-state index contributed by atoms with van der Waals surface area (Å²) in [5, 5.41) is 0. The van der Waals surface area contributed by atoms with Gasteiger partial charge < -0.3 is 15.4 Å². The molecule has 1 aromatic carbocycles. The number of benzene rings is 1. The van der Waals surface area contributed by atoms with Gasteiger partial charge in [-0.05, 0) is 44.7 Å². The lowest BCUT2D eigenvalue weighted by atomic mass is 10.00. The predicted molar refractivity (Wildman–Crippen MR) is 80.8 cm³/mol. The number of hydrogen-bond acceptors (Lipinski definition) is 3. The minimum atomic E-state index is 0.198. The van der Waals surface area contributed by atoms with Crippen LogP contribution >= 0.6 is 0 Å². The molecule has 1 fully saturated rings. The highest BCUT2D eigenvalue weighted by Gasteiger charge is 2.21. The second-order valence-corrected chi connectivity index (χ2v) is 5.76. The Hall–Kier alpha value is -1.06. The molecule has 0 radical (unpaired) electrons. The zero-order chi connectivity index (χ0) is 13.8. The minimum absolute atomic E-state index is 0.198. The van der Waals surface area contributed by atoms with Crippen LogP contribution < -0.4 is 10.6 Å². The summed E-state index contributed by atoms with van der Waals surface area (Å²) in [6, 6.07) is 6.90. The standard InChI is InChI=1S/C16H26N2O/c1-12-6-7-16(14(9-12)10-13(2)17)18-8-4-5-15(11-18)19-3/h6-7,9,13,15H,4-5,8,10-11,17H2,1-3H3. The summed E-state index contributed by atoms with van der Waals surface area (Å²) in [5.41, 5.74) is 9.99. The number of methoxy groups -OCH3 is 1. The van der Waals surface area contributed by atoms with E-state index in [1.807, 2.05) is 7.11 Å². The molecule has 106 valence electrons. The first-order chi connectivity index (χ1) is 9.10. The van der Waals surface area contributed by atoms with E-state index in [0.29, 0.717) is 6.10 Å². The maximum atomic E-state index is 5.98. The Bertz CT molecular complexity index is 417. The summed E-state index contributed by atoms with van der Waals surface area (Å²) in [6.45, 7) is 6.32. The lowest BCUT2D eigenvalue weighted by molar-refractivity contribution is 0.0893. The Labute approximate surface area is 116 Å². The first-order valence-corrected chi connectivity index (χ1v) is 7.23. The smallest absolute Gasteiger partial charge is 0.0746 e. The topological polar surface area (TPSA) is 38.5 Å². The molecule has 0 aromatic heterocycles. The third kappa shape index (κ3) is 3.71. The number of aryl methyl sites for hydroxylation is 1. The highest BCUT2D eigenvalue weighted by Crippen LogP contribution is 2.27. The number of piperidine rings is 1. The SMILES string of the molecule is COC1CCCN(c2ccc(C)cc2CC(C)N)C1. The van der Waals surface area contributed by atoms with E-state index in [4.69, 9.17) is 10.5 Å². The van der Waals surface area contributed by atoms with Gasteiger partial charge in [0.25, 0.3) is 0 Å². The molecule has 3 nitrogen and oxygen atoms in total. The number of nitrogens with two attached hydrogens (primary N) is 1. The van der Waals surface area contributed by atoms with Crippen LogP contribution in [0.15, 0.2) is 18.2 Å². The van der Waals surface area contributed by atoms with Gasteiger partial charge in [0, 0.05) is 31.9 Å². The number of hydrogen-bond donors (Lipinski definition) is 1. The second kappa shape index (κ2) is 6.40. The Balaban J connectivity index is 2.22. The molecule has 2 unspecified atom stereocenters. The van der Waals surface area contributed by atoms with Gasteiger partial charge >= 0.3 is 0 Å². The van der Waals surface area contributed by atoms with Crippen molar-refractivity contribution >= 4 is 5.69 Å². The summed E-state index contributed by atoms with van der Waals surface area (Å²) in [6.07, 6.45) is 3.66. The minimum Gasteiger partial charge on any atom is -0.380 e. The molecule has 1 aliphatic heterocycles. The lowest BCUT2D eigenvalue weighted by Gasteiger charge is -2.35. The van der Waals surface area contributed by atoms with Gasteiger partial charge in [-0.15, -0.1) is 0 Å². The maximum absolute atomic E-state index is 5.98. The number of rotatable bonds is 4. The van der Waals surface area contributed by atoms with Crippen LogP contribution in [0.5, 0.6) is 0 Å². The van der Waals surface area contributed by atoms with Gasteiger partial charge in [0.2, 0.25) is 0 Å². The van der Waals surface area contributed by atoms with Gasteiger partial charge in [0.05, 0.1) is 6.10 Å². The fraction of sp³-hybridized carbons (Fsp3) is 0.625. The first-order valence-electron chi connectivity index (χ1n) is 7.23. The average Bonchev–Trinajstić information content (AvgIpc) is 2.38. The van der Waals surface area contributed by atoms with Crippen molar-refractivity contribution in [1.29, 1.82) is 0 Å². The van der Waals surface area contributed by atoms with E-state index in [0.717, 1.165) is 19.5 Å². The fourth-order valence-corrected chi connectivity index (χ4v) is 2.88. The molecular formula is C16H26N2O. The maximum Gasteiger partial charge on any atom is 0.0746 e. The van der Waals surface area contributed by atoms with Gasteiger partial charge in [-0.3, -0.25) is 0 Å². The molecule has 1 aromatic rings. The van der Waals surface area contributed by atoms with Crippen molar-refractivity contribution in [3.8, 4) is 0 Å². The molecule has 1 heterocycles. The summed E-state index contributed by atoms with van der Waals surface area (Å²) in [4.78, 5) is 2.45. The molecule has 0 bridgehead atoms. The van der Waals surface area contributed by atoms with Gasteiger partial charge in [-0.1, -0.05) is 17.7 Å². The Morgan fingerprint density at radius 2 is 2.26 bits per heavy atom. The Morgan fingerprint density at radius 3 is 2.95 bits per heavy atom. The first kappa shape index (κ1) is 14.4. The summed E-state index contributed by atoms with van der Waals surface area (Å²) < 4.78 is 5.52. The van der Waals surface area contributed by atoms with E-state index < -0.39 is 0 Å². The monoisotopic (exact) mass is 262 g/mol. The molecule has 1 saturated heterocycles. The van der Waals surface area contributed by atoms with E-state index in [9.17, 15) is 0 Å². The molecule has 2 atom stereocenters. The van der Waals surface area contributed by atoms with Crippen molar-refractivity contribution in [1.82, 2.24) is 0 Å². The van der Waals surface area contributed by atoms with Gasteiger partial charge in [-0.25, -0.2) is 0 Å². The summed E-state index contributed by atoms with van der Waals surface area (Å²) in [5.74, 6) is 0. The van der Waals surface area contributed by atoms with E-state index in [1.165, 1.54) is 29.7 Å². The highest BCUT2D eigenvalue weighted by atomic mass is 16.5. The van der Waals surface area contributed by atoms with Crippen molar-refractivity contribution in [3.05, 3.63) is 29.3 Å². The normalized spacial score (nSPS) is 21.5. The largest absolute Gasteiger partial charge is 0.380 e. The molecule has 0 aliphatic carbocycles. The van der Waals surface area contributed by atoms with Crippen LogP contribution in [0.25, 0.3) is 0 Å².